The van der Waals surface area contributed by atoms with Crippen molar-refractivity contribution in [3.05, 3.63) is 62.4 Å². The summed E-state index contributed by atoms with van der Waals surface area (Å²) in [6.07, 6.45) is 0. The SMILES string of the molecule is S=C1Nc2c(sc3ccc(Cl)cc23)C(c2cccc(Br)c2)N1. The van der Waals surface area contributed by atoms with Crippen molar-refractivity contribution in [2.24, 2.45) is 0 Å². The highest BCUT2D eigenvalue weighted by Crippen LogP contribution is 2.44. The average molecular weight is 410 g/mol. The highest BCUT2D eigenvalue weighted by Gasteiger charge is 2.28. The number of hydrogen-bond donors (Lipinski definition) is 2. The second kappa shape index (κ2) is 5.49. The first-order valence-corrected chi connectivity index (χ1v) is 9.06. The van der Waals surface area contributed by atoms with Gasteiger partial charge in [0, 0.05) is 19.6 Å². The first-order chi connectivity index (χ1) is 10.6. The van der Waals surface area contributed by atoms with Crippen LogP contribution in [0, 0.1) is 0 Å². The molecular formula is C16H10BrClN2S2. The smallest absolute Gasteiger partial charge is 0.171 e. The van der Waals surface area contributed by atoms with Gasteiger partial charge in [-0.3, -0.25) is 0 Å². The zero-order valence-corrected chi connectivity index (χ0v) is 15.2. The van der Waals surface area contributed by atoms with Gasteiger partial charge in [0.25, 0.3) is 0 Å². The molecule has 0 aliphatic carbocycles. The third-order valence-corrected chi connectivity index (χ3v) is 5.82. The third-order valence-electron chi connectivity index (χ3n) is 3.64. The summed E-state index contributed by atoms with van der Waals surface area (Å²) in [7, 11) is 0. The Kier molecular flexibility index (Phi) is 3.61. The Morgan fingerprint density at radius 3 is 2.86 bits per heavy atom. The summed E-state index contributed by atoms with van der Waals surface area (Å²) in [4.78, 5) is 1.23. The number of thiocarbonyl (C=S) groups is 1. The van der Waals surface area contributed by atoms with Crippen LogP contribution in [0.4, 0.5) is 5.69 Å². The van der Waals surface area contributed by atoms with Gasteiger partial charge in [0.2, 0.25) is 0 Å². The molecule has 3 aromatic rings. The van der Waals surface area contributed by atoms with Gasteiger partial charge in [-0.2, -0.15) is 0 Å². The minimum absolute atomic E-state index is 0.0532. The van der Waals surface area contributed by atoms with Gasteiger partial charge < -0.3 is 10.6 Å². The van der Waals surface area contributed by atoms with Crippen LogP contribution in [0.15, 0.2) is 46.9 Å². The quantitative estimate of drug-likeness (QED) is 0.504. The Bertz CT molecular complexity index is 906. The first kappa shape index (κ1) is 14.5. The van der Waals surface area contributed by atoms with Crippen molar-refractivity contribution < 1.29 is 0 Å². The number of thiophene rings is 1. The highest BCUT2D eigenvalue weighted by atomic mass is 79.9. The molecule has 1 aromatic heterocycles. The third kappa shape index (κ3) is 2.42. The molecule has 2 aromatic carbocycles. The molecule has 1 aliphatic heterocycles. The van der Waals surface area contributed by atoms with E-state index in [1.54, 1.807) is 11.3 Å². The van der Waals surface area contributed by atoms with Gasteiger partial charge in [0.05, 0.1) is 16.6 Å². The zero-order valence-electron chi connectivity index (χ0n) is 11.2. The maximum Gasteiger partial charge on any atom is 0.171 e. The first-order valence-electron chi connectivity index (χ1n) is 6.67. The molecule has 0 bridgehead atoms. The van der Waals surface area contributed by atoms with Crippen LogP contribution in [-0.4, -0.2) is 5.11 Å². The van der Waals surface area contributed by atoms with Crippen LogP contribution in [0.2, 0.25) is 5.02 Å². The summed E-state index contributed by atoms with van der Waals surface area (Å²) in [6.45, 7) is 0. The second-order valence-corrected chi connectivity index (χ2v) is 7.91. The number of halogens is 2. The largest absolute Gasteiger partial charge is 0.351 e. The number of anilines is 1. The van der Waals surface area contributed by atoms with Crippen molar-refractivity contribution in [2.75, 3.05) is 5.32 Å². The van der Waals surface area contributed by atoms with E-state index < -0.39 is 0 Å². The van der Waals surface area contributed by atoms with E-state index in [-0.39, 0.29) is 6.04 Å². The summed E-state index contributed by atoms with van der Waals surface area (Å²) >= 11 is 16.8. The van der Waals surface area contributed by atoms with E-state index in [0.29, 0.717) is 5.11 Å². The molecule has 0 fully saturated rings. The van der Waals surface area contributed by atoms with Crippen molar-refractivity contribution in [1.29, 1.82) is 0 Å². The molecule has 6 heteroatoms. The lowest BCUT2D eigenvalue weighted by atomic mass is 10.0. The molecule has 1 aliphatic rings. The van der Waals surface area contributed by atoms with Crippen molar-refractivity contribution in [2.45, 2.75) is 6.04 Å². The molecular weight excluding hydrogens is 400 g/mol. The van der Waals surface area contributed by atoms with Crippen LogP contribution in [0.25, 0.3) is 10.1 Å². The van der Waals surface area contributed by atoms with Crippen LogP contribution >= 0.6 is 51.1 Å². The van der Waals surface area contributed by atoms with Gasteiger partial charge in [-0.15, -0.1) is 11.3 Å². The second-order valence-electron chi connectivity index (χ2n) is 5.07. The lowest BCUT2D eigenvalue weighted by Gasteiger charge is -2.27. The van der Waals surface area contributed by atoms with Crippen molar-refractivity contribution in [1.82, 2.24) is 5.32 Å². The number of nitrogens with one attached hydrogen (secondary N) is 2. The molecule has 110 valence electrons. The molecule has 1 atom stereocenters. The summed E-state index contributed by atoms with van der Waals surface area (Å²) in [5.41, 5.74) is 2.24. The molecule has 0 amide bonds. The van der Waals surface area contributed by atoms with E-state index in [1.807, 2.05) is 24.3 Å². The fourth-order valence-electron chi connectivity index (χ4n) is 2.69. The molecule has 2 heterocycles. The maximum absolute atomic E-state index is 6.15. The number of benzene rings is 2. The Morgan fingerprint density at radius 1 is 1.18 bits per heavy atom. The normalized spacial score (nSPS) is 17.0. The molecule has 0 spiro atoms. The minimum Gasteiger partial charge on any atom is -0.351 e. The van der Waals surface area contributed by atoms with Gasteiger partial charge >= 0.3 is 0 Å². The van der Waals surface area contributed by atoms with Crippen LogP contribution in [0.1, 0.15) is 16.5 Å². The van der Waals surface area contributed by atoms with E-state index in [2.05, 4.69) is 44.8 Å². The predicted octanol–water partition coefficient (Wildman–Crippen LogP) is 5.71. The fraction of sp³-hybridized carbons (Fsp3) is 0.0625. The minimum atomic E-state index is 0.0532. The van der Waals surface area contributed by atoms with Crippen LogP contribution in [-0.2, 0) is 0 Å². The number of hydrogen-bond acceptors (Lipinski definition) is 2. The predicted molar refractivity (Wildman–Crippen MR) is 102 cm³/mol. The Labute approximate surface area is 150 Å². The van der Waals surface area contributed by atoms with Crippen molar-refractivity contribution in [3.8, 4) is 0 Å². The van der Waals surface area contributed by atoms with Gasteiger partial charge in [-0.1, -0.05) is 39.7 Å². The number of fused-ring (bicyclic) bond motifs is 3. The fourth-order valence-corrected chi connectivity index (χ4v) is 4.72. The van der Waals surface area contributed by atoms with Gasteiger partial charge in [0.15, 0.2) is 5.11 Å². The van der Waals surface area contributed by atoms with E-state index >= 15 is 0 Å². The summed E-state index contributed by atoms with van der Waals surface area (Å²) < 4.78 is 2.26. The summed E-state index contributed by atoms with van der Waals surface area (Å²) in [5, 5.41) is 9.15. The molecule has 2 N–H and O–H groups in total. The van der Waals surface area contributed by atoms with Crippen LogP contribution < -0.4 is 10.6 Å². The van der Waals surface area contributed by atoms with Crippen LogP contribution in [0.5, 0.6) is 0 Å². The zero-order chi connectivity index (χ0) is 15.3. The summed E-state index contributed by atoms with van der Waals surface area (Å²) in [6, 6.07) is 14.3. The summed E-state index contributed by atoms with van der Waals surface area (Å²) in [5.74, 6) is 0. The lowest BCUT2D eigenvalue weighted by Crippen LogP contribution is -2.37. The molecule has 0 saturated carbocycles. The Morgan fingerprint density at radius 2 is 2.05 bits per heavy atom. The van der Waals surface area contributed by atoms with E-state index in [0.717, 1.165) is 20.6 Å². The number of rotatable bonds is 1. The van der Waals surface area contributed by atoms with Crippen molar-refractivity contribution >= 4 is 72.0 Å². The standard InChI is InChI=1S/C16H10BrClN2S2/c17-9-3-1-2-8(6-9)13-15-14(20-16(21)19-13)11-7-10(18)4-5-12(11)22-15/h1-7,13H,(H2,19,20,21). The van der Waals surface area contributed by atoms with Gasteiger partial charge in [-0.05, 0) is 48.1 Å². The van der Waals surface area contributed by atoms with E-state index in [9.17, 15) is 0 Å². The van der Waals surface area contributed by atoms with Gasteiger partial charge in [-0.25, -0.2) is 0 Å². The monoisotopic (exact) mass is 408 g/mol. The molecule has 22 heavy (non-hydrogen) atoms. The molecule has 1 unspecified atom stereocenters. The van der Waals surface area contributed by atoms with E-state index in [4.69, 9.17) is 23.8 Å². The highest BCUT2D eigenvalue weighted by molar-refractivity contribution is 9.10. The van der Waals surface area contributed by atoms with Crippen LogP contribution in [0.3, 0.4) is 0 Å². The molecule has 0 radical (unpaired) electrons. The molecule has 4 rings (SSSR count). The Hall–Kier alpha value is -1.14. The average Bonchev–Trinajstić information content (AvgIpc) is 2.84. The molecule has 2 nitrogen and oxygen atoms in total. The molecule has 0 saturated heterocycles. The van der Waals surface area contributed by atoms with Crippen molar-refractivity contribution in [3.63, 3.8) is 0 Å². The maximum atomic E-state index is 6.15. The lowest BCUT2D eigenvalue weighted by molar-refractivity contribution is 0.774. The topological polar surface area (TPSA) is 24.1 Å². The van der Waals surface area contributed by atoms with Gasteiger partial charge in [0.1, 0.15) is 0 Å². The van der Waals surface area contributed by atoms with E-state index in [1.165, 1.54) is 15.1 Å². The Balaban J connectivity index is 1.94.